The van der Waals surface area contributed by atoms with Crippen LogP contribution in [0.25, 0.3) is 10.8 Å². The minimum absolute atomic E-state index is 0.528. The Balaban J connectivity index is 1.59. The van der Waals surface area contributed by atoms with Crippen LogP contribution in [0.15, 0.2) is 41.5 Å². The van der Waals surface area contributed by atoms with Crippen molar-refractivity contribution in [3.63, 3.8) is 0 Å². The van der Waals surface area contributed by atoms with Crippen molar-refractivity contribution in [1.82, 2.24) is 15.6 Å². The zero-order valence-corrected chi connectivity index (χ0v) is 16.6. The maximum atomic E-state index is 5.46. The van der Waals surface area contributed by atoms with Gasteiger partial charge in [-0.2, -0.15) is 5.10 Å². The molecular formula is C20H26N4O2S. The largest absolute Gasteiger partial charge is 0.496 e. The van der Waals surface area contributed by atoms with Gasteiger partial charge in [0.15, 0.2) is 5.11 Å². The van der Waals surface area contributed by atoms with Crippen LogP contribution >= 0.6 is 12.2 Å². The van der Waals surface area contributed by atoms with Crippen LogP contribution in [-0.2, 0) is 4.74 Å². The molecule has 27 heavy (non-hydrogen) atoms. The number of hydrogen-bond acceptors (Lipinski definition) is 5. The number of nitrogens with zero attached hydrogens (tertiary/aromatic N) is 2. The second-order valence-corrected chi connectivity index (χ2v) is 6.79. The lowest BCUT2D eigenvalue weighted by Crippen LogP contribution is -2.42. The van der Waals surface area contributed by atoms with E-state index in [1.165, 1.54) is 0 Å². The lowest BCUT2D eigenvalue weighted by atomic mass is 10.0. The van der Waals surface area contributed by atoms with Crippen LogP contribution in [0.5, 0.6) is 5.75 Å². The van der Waals surface area contributed by atoms with Gasteiger partial charge in [-0.25, -0.2) is 0 Å². The van der Waals surface area contributed by atoms with Gasteiger partial charge in [0.05, 0.1) is 26.0 Å². The van der Waals surface area contributed by atoms with Gasteiger partial charge in [-0.1, -0.05) is 24.3 Å². The molecule has 0 atom stereocenters. The number of methoxy groups -OCH3 is 1. The fourth-order valence-corrected chi connectivity index (χ4v) is 3.30. The van der Waals surface area contributed by atoms with Gasteiger partial charge in [0.2, 0.25) is 0 Å². The first kappa shape index (κ1) is 19.5. The summed E-state index contributed by atoms with van der Waals surface area (Å²) < 4.78 is 10.8. The van der Waals surface area contributed by atoms with Crippen LogP contribution in [0.1, 0.15) is 12.5 Å². The van der Waals surface area contributed by atoms with Crippen molar-refractivity contribution in [3.05, 3.63) is 42.0 Å². The standard InChI is InChI=1S/C20H26N4O2S/c1-15(16-7-8-19(25-2)18-6-4-3-5-17(16)18)22-23-20(27)21-9-10-24-11-13-26-14-12-24/h3-8H,9-14H2,1-2H3,(H2,21,23,27)/b22-15-. The van der Waals surface area contributed by atoms with Crippen molar-refractivity contribution in [2.24, 2.45) is 5.10 Å². The van der Waals surface area contributed by atoms with Crippen molar-refractivity contribution < 1.29 is 9.47 Å². The summed E-state index contributed by atoms with van der Waals surface area (Å²) >= 11 is 5.33. The molecule has 0 aliphatic carbocycles. The Kier molecular flexibility index (Phi) is 6.98. The molecule has 1 saturated heterocycles. The highest BCUT2D eigenvalue weighted by atomic mass is 32.1. The molecule has 0 unspecified atom stereocenters. The number of thiocarbonyl (C=S) groups is 1. The Bertz CT molecular complexity index is 819. The average Bonchev–Trinajstić information content (AvgIpc) is 2.72. The molecule has 6 nitrogen and oxygen atoms in total. The molecule has 2 N–H and O–H groups in total. The number of nitrogens with one attached hydrogen (secondary N) is 2. The maximum Gasteiger partial charge on any atom is 0.187 e. The van der Waals surface area contributed by atoms with E-state index in [1.54, 1.807) is 7.11 Å². The van der Waals surface area contributed by atoms with E-state index < -0.39 is 0 Å². The predicted molar refractivity (Wildman–Crippen MR) is 114 cm³/mol. The van der Waals surface area contributed by atoms with Gasteiger partial charge in [-0.3, -0.25) is 10.3 Å². The maximum absolute atomic E-state index is 5.46. The SMILES string of the molecule is COc1ccc(/C(C)=N\NC(=S)NCCN2CCOCC2)c2ccccc12. The molecule has 144 valence electrons. The Hall–Kier alpha value is -2.22. The molecular weight excluding hydrogens is 360 g/mol. The van der Waals surface area contributed by atoms with Gasteiger partial charge >= 0.3 is 0 Å². The second kappa shape index (κ2) is 9.64. The number of benzene rings is 2. The van der Waals surface area contributed by atoms with Crippen molar-refractivity contribution >= 4 is 33.8 Å². The van der Waals surface area contributed by atoms with Crippen molar-refractivity contribution in [3.8, 4) is 5.75 Å². The molecule has 3 rings (SSSR count). The van der Waals surface area contributed by atoms with Gasteiger partial charge in [0.25, 0.3) is 0 Å². The normalized spacial score (nSPS) is 15.6. The summed E-state index contributed by atoms with van der Waals surface area (Å²) in [6.45, 7) is 7.26. The van der Waals surface area contributed by atoms with E-state index in [4.69, 9.17) is 21.7 Å². The zero-order valence-electron chi connectivity index (χ0n) is 15.8. The van der Waals surface area contributed by atoms with E-state index in [-0.39, 0.29) is 0 Å². The molecule has 0 amide bonds. The molecule has 7 heteroatoms. The van der Waals surface area contributed by atoms with Gasteiger partial charge in [-0.15, -0.1) is 0 Å². The highest BCUT2D eigenvalue weighted by Crippen LogP contribution is 2.28. The van der Waals surface area contributed by atoms with Crippen LogP contribution in [0.4, 0.5) is 0 Å². The summed E-state index contributed by atoms with van der Waals surface area (Å²) in [5.41, 5.74) is 4.86. The van der Waals surface area contributed by atoms with E-state index in [2.05, 4.69) is 32.9 Å². The first-order valence-electron chi connectivity index (χ1n) is 9.13. The predicted octanol–water partition coefficient (Wildman–Crippen LogP) is 2.37. The summed E-state index contributed by atoms with van der Waals surface area (Å²) in [5.74, 6) is 0.857. The van der Waals surface area contributed by atoms with Gasteiger partial charge in [0, 0.05) is 37.1 Å². The van der Waals surface area contributed by atoms with Crippen molar-refractivity contribution in [1.29, 1.82) is 0 Å². The molecule has 1 fully saturated rings. The Labute approximate surface area is 165 Å². The Morgan fingerprint density at radius 1 is 1.19 bits per heavy atom. The molecule has 1 heterocycles. The number of rotatable bonds is 6. The Morgan fingerprint density at radius 3 is 2.67 bits per heavy atom. The highest BCUT2D eigenvalue weighted by Gasteiger charge is 2.10. The van der Waals surface area contributed by atoms with Crippen LogP contribution in [0.3, 0.4) is 0 Å². The summed E-state index contributed by atoms with van der Waals surface area (Å²) in [6.07, 6.45) is 0. The first-order valence-corrected chi connectivity index (χ1v) is 9.54. The highest BCUT2D eigenvalue weighted by molar-refractivity contribution is 7.80. The third-order valence-corrected chi connectivity index (χ3v) is 4.87. The molecule has 1 aliphatic rings. The topological polar surface area (TPSA) is 58.1 Å². The first-order chi connectivity index (χ1) is 13.2. The third kappa shape index (κ3) is 5.15. The van der Waals surface area contributed by atoms with Crippen molar-refractivity contribution in [2.45, 2.75) is 6.92 Å². The van der Waals surface area contributed by atoms with E-state index in [1.807, 2.05) is 31.2 Å². The average molecular weight is 387 g/mol. The quantitative estimate of drug-likeness (QED) is 0.452. The van der Waals surface area contributed by atoms with Crippen LogP contribution < -0.4 is 15.5 Å². The third-order valence-electron chi connectivity index (χ3n) is 4.64. The summed E-state index contributed by atoms with van der Waals surface area (Å²) in [6, 6.07) is 12.1. The fraction of sp³-hybridized carbons (Fsp3) is 0.400. The monoisotopic (exact) mass is 386 g/mol. The van der Waals surface area contributed by atoms with E-state index in [9.17, 15) is 0 Å². The minimum Gasteiger partial charge on any atom is -0.496 e. The summed E-state index contributed by atoms with van der Waals surface area (Å²) in [7, 11) is 1.69. The van der Waals surface area contributed by atoms with E-state index >= 15 is 0 Å². The lowest BCUT2D eigenvalue weighted by Gasteiger charge is -2.26. The minimum atomic E-state index is 0.528. The smallest absolute Gasteiger partial charge is 0.187 e. The number of hydrazone groups is 1. The number of ether oxygens (including phenoxy) is 2. The van der Waals surface area contributed by atoms with Crippen LogP contribution in [0.2, 0.25) is 0 Å². The summed E-state index contributed by atoms with van der Waals surface area (Å²) in [4.78, 5) is 2.36. The fourth-order valence-electron chi connectivity index (χ4n) is 3.15. The summed E-state index contributed by atoms with van der Waals surface area (Å²) in [5, 5.41) is 10.4. The number of morpholine rings is 1. The van der Waals surface area contributed by atoms with Crippen LogP contribution in [0, 0.1) is 0 Å². The lowest BCUT2D eigenvalue weighted by molar-refractivity contribution is 0.0389. The van der Waals surface area contributed by atoms with Crippen LogP contribution in [-0.4, -0.2) is 62.2 Å². The zero-order chi connectivity index (χ0) is 19.1. The molecule has 1 aliphatic heterocycles. The second-order valence-electron chi connectivity index (χ2n) is 6.38. The Morgan fingerprint density at radius 2 is 1.93 bits per heavy atom. The van der Waals surface area contributed by atoms with Gasteiger partial charge in [-0.05, 0) is 36.7 Å². The molecule has 2 aromatic carbocycles. The van der Waals surface area contributed by atoms with Gasteiger partial charge in [0.1, 0.15) is 5.75 Å². The molecule has 0 radical (unpaired) electrons. The molecule has 0 aromatic heterocycles. The number of fused-ring (bicyclic) bond motifs is 1. The molecule has 0 saturated carbocycles. The van der Waals surface area contributed by atoms with E-state index in [0.29, 0.717) is 5.11 Å². The van der Waals surface area contributed by atoms with Crippen molar-refractivity contribution in [2.75, 3.05) is 46.5 Å². The number of hydrogen-bond donors (Lipinski definition) is 2. The van der Waals surface area contributed by atoms with E-state index in [0.717, 1.165) is 67.2 Å². The molecule has 2 aromatic rings. The molecule has 0 bridgehead atoms. The molecule has 0 spiro atoms. The van der Waals surface area contributed by atoms with Gasteiger partial charge < -0.3 is 14.8 Å².